The zero-order valence-electron chi connectivity index (χ0n) is 13.1. The summed E-state index contributed by atoms with van der Waals surface area (Å²) in [5, 5.41) is 0. The van der Waals surface area contributed by atoms with Crippen LogP contribution in [0.3, 0.4) is 0 Å². The Kier molecular flexibility index (Phi) is 5.27. The van der Waals surface area contributed by atoms with Gasteiger partial charge in [0, 0.05) is 13.1 Å². The maximum absolute atomic E-state index is 12.8. The molecule has 118 valence electrons. The number of methoxy groups -OCH3 is 1. The molecule has 0 heterocycles. The zero-order chi connectivity index (χ0) is 15.5. The van der Waals surface area contributed by atoms with Crippen molar-refractivity contribution in [3.63, 3.8) is 0 Å². The number of rotatable bonds is 5. The monoisotopic (exact) mass is 311 g/mol. The van der Waals surface area contributed by atoms with Crippen LogP contribution in [0.5, 0.6) is 5.75 Å². The fraction of sp³-hybridized carbons (Fsp3) is 0.625. The van der Waals surface area contributed by atoms with Gasteiger partial charge in [0.1, 0.15) is 5.75 Å². The normalized spacial score (nSPS) is 17.1. The summed E-state index contributed by atoms with van der Waals surface area (Å²) < 4.78 is 32.4. The highest BCUT2D eigenvalue weighted by atomic mass is 32.2. The molecule has 0 aromatic heterocycles. The fourth-order valence-corrected chi connectivity index (χ4v) is 4.47. The van der Waals surface area contributed by atoms with E-state index in [-0.39, 0.29) is 6.04 Å². The maximum Gasteiger partial charge on any atom is 0.243 e. The second-order valence-electron chi connectivity index (χ2n) is 5.64. The van der Waals surface area contributed by atoms with Gasteiger partial charge >= 0.3 is 0 Å². The van der Waals surface area contributed by atoms with Crippen LogP contribution in [-0.2, 0) is 16.4 Å². The molecule has 0 bridgehead atoms. The Balaban J connectivity index is 2.30. The van der Waals surface area contributed by atoms with Crippen molar-refractivity contribution in [1.82, 2.24) is 4.31 Å². The van der Waals surface area contributed by atoms with Crippen LogP contribution < -0.4 is 4.74 Å². The van der Waals surface area contributed by atoms with Gasteiger partial charge in [-0.25, -0.2) is 8.42 Å². The SMILES string of the molecule is CCc1cc(S(=O)(=O)N(C)C2CCCCC2)ccc1OC. The number of ether oxygens (including phenoxy) is 1. The number of sulfonamides is 1. The summed E-state index contributed by atoms with van der Waals surface area (Å²) >= 11 is 0. The molecule has 0 N–H and O–H groups in total. The quantitative estimate of drug-likeness (QED) is 0.839. The lowest BCUT2D eigenvalue weighted by atomic mass is 9.96. The molecule has 0 amide bonds. The van der Waals surface area contributed by atoms with Crippen LogP contribution in [0.4, 0.5) is 0 Å². The molecular weight excluding hydrogens is 286 g/mol. The van der Waals surface area contributed by atoms with Gasteiger partial charge < -0.3 is 4.74 Å². The van der Waals surface area contributed by atoms with Crippen molar-refractivity contribution >= 4 is 10.0 Å². The lowest BCUT2D eigenvalue weighted by Gasteiger charge is -2.30. The largest absolute Gasteiger partial charge is 0.496 e. The van der Waals surface area contributed by atoms with Gasteiger partial charge in [-0.3, -0.25) is 0 Å². The molecule has 1 aliphatic carbocycles. The minimum absolute atomic E-state index is 0.135. The molecule has 0 atom stereocenters. The van der Waals surface area contributed by atoms with E-state index in [0.717, 1.165) is 43.4 Å². The van der Waals surface area contributed by atoms with Crippen molar-refractivity contribution in [1.29, 1.82) is 0 Å². The van der Waals surface area contributed by atoms with E-state index < -0.39 is 10.0 Å². The zero-order valence-corrected chi connectivity index (χ0v) is 13.9. The van der Waals surface area contributed by atoms with E-state index in [9.17, 15) is 8.42 Å². The summed E-state index contributed by atoms with van der Waals surface area (Å²) in [7, 11) is -0.101. The molecule has 21 heavy (non-hydrogen) atoms. The third kappa shape index (κ3) is 3.40. The first-order valence-corrected chi connectivity index (χ1v) is 9.09. The van der Waals surface area contributed by atoms with Crippen LogP contribution in [0.15, 0.2) is 23.1 Å². The summed E-state index contributed by atoms with van der Waals surface area (Å²) in [6.07, 6.45) is 6.13. The van der Waals surface area contributed by atoms with Crippen LogP contribution in [0.2, 0.25) is 0 Å². The Bertz CT molecular complexity index is 577. The average Bonchev–Trinajstić information content (AvgIpc) is 2.54. The van der Waals surface area contributed by atoms with E-state index in [2.05, 4.69) is 0 Å². The van der Waals surface area contributed by atoms with Gasteiger partial charge in [-0.2, -0.15) is 4.31 Å². The summed E-state index contributed by atoms with van der Waals surface area (Å²) in [5.74, 6) is 0.747. The van der Waals surface area contributed by atoms with Gasteiger partial charge in [0.2, 0.25) is 10.0 Å². The fourth-order valence-electron chi connectivity index (χ4n) is 3.00. The number of hydrogen-bond donors (Lipinski definition) is 0. The van der Waals surface area contributed by atoms with E-state index in [4.69, 9.17) is 4.74 Å². The van der Waals surface area contributed by atoms with Gasteiger partial charge in [0.15, 0.2) is 0 Å². The second-order valence-corrected chi connectivity index (χ2v) is 7.64. The second kappa shape index (κ2) is 6.79. The van der Waals surface area contributed by atoms with Crippen molar-refractivity contribution in [2.24, 2.45) is 0 Å². The van der Waals surface area contributed by atoms with Gasteiger partial charge in [0.25, 0.3) is 0 Å². The van der Waals surface area contributed by atoms with Crippen molar-refractivity contribution in [2.45, 2.75) is 56.4 Å². The minimum Gasteiger partial charge on any atom is -0.496 e. The first kappa shape index (κ1) is 16.3. The Morgan fingerprint density at radius 2 is 1.90 bits per heavy atom. The third-order valence-electron chi connectivity index (χ3n) is 4.40. The van der Waals surface area contributed by atoms with Crippen molar-refractivity contribution < 1.29 is 13.2 Å². The third-order valence-corrected chi connectivity index (χ3v) is 6.30. The van der Waals surface area contributed by atoms with E-state index in [1.54, 1.807) is 36.7 Å². The standard InChI is InChI=1S/C16H25NO3S/c1-4-13-12-15(10-11-16(13)20-3)21(18,19)17(2)14-8-6-5-7-9-14/h10-12,14H,4-9H2,1-3H3. The van der Waals surface area contributed by atoms with Crippen LogP contribution in [0.1, 0.15) is 44.6 Å². The highest BCUT2D eigenvalue weighted by Crippen LogP contribution is 2.29. The van der Waals surface area contributed by atoms with Crippen molar-refractivity contribution in [2.75, 3.05) is 14.2 Å². The van der Waals surface area contributed by atoms with E-state index >= 15 is 0 Å². The highest BCUT2D eigenvalue weighted by molar-refractivity contribution is 7.89. The van der Waals surface area contributed by atoms with Crippen LogP contribution >= 0.6 is 0 Å². The van der Waals surface area contributed by atoms with E-state index in [1.165, 1.54) is 6.42 Å². The van der Waals surface area contributed by atoms with Gasteiger partial charge in [-0.1, -0.05) is 26.2 Å². The number of benzene rings is 1. The molecule has 1 fully saturated rings. The summed E-state index contributed by atoms with van der Waals surface area (Å²) in [5.41, 5.74) is 0.926. The molecule has 0 spiro atoms. The minimum atomic E-state index is -3.42. The lowest BCUT2D eigenvalue weighted by molar-refractivity contribution is 0.286. The van der Waals surface area contributed by atoms with Gasteiger partial charge in [-0.05, 0) is 43.0 Å². The molecule has 0 saturated heterocycles. The molecule has 0 aliphatic heterocycles. The Labute approximate surface area is 128 Å². The summed E-state index contributed by atoms with van der Waals surface area (Å²) in [4.78, 5) is 0.369. The smallest absolute Gasteiger partial charge is 0.243 e. The van der Waals surface area contributed by atoms with E-state index in [1.807, 2.05) is 6.92 Å². The Morgan fingerprint density at radius 3 is 2.48 bits per heavy atom. The van der Waals surface area contributed by atoms with Crippen molar-refractivity contribution in [3.8, 4) is 5.75 Å². The van der Waals surface area contributed by atoms with Crippen LogP contribution in [-0.4, -0.2) is 32.9 Å². The first-order chi connectivity index (χ1) is 10.0. The molecule has 0 radical (unpaired) electrons. The number of nitrogens with zero attached hydrogens (tertiary/aromatic N) is 1. The van der Waals surface area contributed by atoms with Crippen molar-refractivity contribution in [3.05, 3.63) is 23.8 Å². The topological polar surface area (TPSA) is 46.6 Å². The van der Waals surface area contributed by atoms with Crippen LogP contribution in [0, 0.1) is 0 Å². The average molecular weight is 311 g/mol. The molecule has 1 aliphatic rings. The lowest BCUT2D eigenvalue weighted by Crippen LogP contribution is -2.38. The molecule has 1 aromatic carbocycles. The predicted octanol–water partition coefficient (Wildman–Crippen LogP) is 3.21. The first-order valence-electron chi connectivity index (χ1n) is 7.65. The maximum atomic E-state index is 12.8. The summed E-state index contributed by atoms with van der Waals surface area (Å²) in [6, 6.07) is 5.27. The molecule has 4 nitrogen and oxygen atoms in total. The molecule has 1 aromatic rings. The number of hydrogen-bond acceptors (Lipinski definition) is 3. The van der Waals surface area contributed by atoms with E-state index in [0.29, 0.717) is 4.90 Å². The Hall–Kier alpha value is -1.07. The molecular formula is C16H25NO3S. The summed E-state index contributed by atoms with van der Waals surface area (Å²) in [6.45, 7) is 2.00. The Morgan fingerprint density at radius 1 is 1.24 bits per heavy atom. The number of aryl methyl sites for hydroxylation is 1. The predicted molar refractivity (Wildman–Crippen MR) is 84.2 cm³/mol. The molecule has 2 rings (SSSR count). The van der Waals surface area contributed by atoms with Crippen LogP contribution in [0.25, 0.3) is 0 Å². The van der Waals surface area contributed by atoms with Gasteiger partial charge in [-0.15, -0.1) is 0 Å². The molecule has 5 heteroatoms. The highest BCUT2D eigenvalue weighted by Gasteiger charge is 2.29. The molecule has 0 unspecified atom stereocenters. The van der Waals surface area contributed by atoms with Gasteiger partial charge in [0.05, 0.1) is 12.0 Å². The molecule has 1 saturated carbocycles.